The van der Waals surface area contributed by atoms with E-state index in [1.54, 1.807) is 18.5 Å². The molecule has 0 unspecified atom stereocenters. The number of hydrogen-bond acceptors (Lipinski definition) is 5. The highest BCUT2D eigenvalue weighted by molar-refractivity contribution is 6.30. The molecule has 4 aromatic rings. The van der Waals surface area contributed by atoms with Crippen LogP contribution in [0.4, 0.5) is 5.69 Å². The summed E-state index contributed by atoms with van der Waals surface area (Å²) in [6.45, 7) is 3.82. The number of imidazole rings is 1. The largest absolute Gasteiger partial charge is 0.489 e. The van der Waals surface area contributed by atoms with E-state index in [1.165, 1.54) is 16.8 Å². The van der Waals surface area contributed by atoms with Crippen LogP contribution in [0.15, 0.2) is 61.1 Å². The fraction of sp³-hybridized carbons (Fsp3) is 0.143. The van der Waals surface area contributed by atoms with Crippen molar-refractivity contribution in [1.82, 2.24) is 19.6 Å². The zero-order chi connectivity index (χ0) is 20.4. The molecule has 0 fully saturated rings. The fourth-order valence-electron chi connectivity index (χ4n) is 2.88. The maximum Gasteiger partial charge on any atom is 0.259 e. The first-order valence-corrected chi connectivity index (χ1v) is 9.42. The molecule has 1 N–H and O–H groups in total. The molecule has 1 aromatic carbocycles. The molecule has 3 aromatic heterocycles. The summed E-state index contributed by atoms with van der Waals surface area (Å²) < 4.78 is 7.25. The molecule has 29 heavy (non-hydrogen) atoms. The van der Waals surface area contributed by atoms with Crippen molar-refractivity contribution in [3.05, 3.63) is 71.8 Å². The summed E-state index contributed by atoms with van der Waals surface area (Å²) in [6.07, 6.45) is 4.84. The molecular weight excluding hydrogens is 390 g/mol. The Balaban J connectivity index is 1.72. The van der Waals surface area contributed by atoms with E-state index in [2.05, 4.69) is 20.4 Å². The van der Waals surface area contributed by atoms with Gasteiger partial charge in [-0.25, -0.2) is 9.50 Å². The van der Waals surface area contributed by atoms with E-state index >= 15 is 0 Å². The molecule has 0 aliphatic carbocycles. The number of amides is 1. The monoisotopic (exact) mass is 407 g/mol. The van der Waals surface area contributed by atoms with Crippen molar-refractivity contribution in [3.63, 3.8) is 0 Å². The zero-order valence-corrected chi connectivity index (χ0v) is 16.6. The number of pyridine rings is 1. The molecule has 4 rings (SSSR count). The second-order valence-electron chi connectivity index (χ2n) is 6.63. The van der Waals surface area contributed by atoms with Crippen LogP contribution in [0.25, 0.3) is 16.9 Å². The zero-order valence-electron chi connectivity index (χ0n) is 15.8. The third-order valence-corrected chi connectivity index (χ3v) is 4.29. The average Bonchev–Trinajstić information content (AvgIpc) is 3.13. The van der Waals surface area contributed by atoms with E-state index in [0.717, 1.165) is 5.56 Å². The van der Waals surface area contributed by atoms with E-state index in [9.17, 15) is 4.79 Å². The van der Waals surface area contributed by atoms with Crippen molar-refractivity contribution in [2.24, 2.45) is 0 Å². The van der Waals surface area contributed by atoms with E-state index in [0.29, 0.717) is 28.3 Å². The SMILES string of the molecule is CC(C)Oc1ccncc1NC(=O)c1cc(Cl)nn2cc(-c3ccccc3)nc12. The molecule has 0 spiro atoms. The molecule has 0 saturated carbocycles. The molecule has 3 heterocycles. The topological polar surface area (TPSA) is 81.4 Å². The Labute approximate surface area is 172 Å². The summed E-state index contributed by atoms with van der Waals surface area (Å²) in [5, 5.41) is 7.25. The minimum atomic E-state index is -0.383. The van der Waals surface area contributed by atoms with Gasteiger partial charge in [-0.3, -0.25) is 9.78 Å². The highest BCUT2D eigenvalue weighted by atomic mass is 35.5. The van der Waals surface area contributed by atoms with Crippen LogP contribution in [0.3, 0.4) is 0 Å². The molecule has 7 nitrogen and oxygen atoms in total. The van der Waals surface area contributed by atoms with Crippen molar-refractivity contribution >= 4 is 28.8 Å². The number of benzene rings is 1. The number of halogens is 1. The molecule has 0 radical (unpaired) electrons. The lowest BCUT2D eigenvalue weighted by molar-refractivity contribution is 0.102. The Morgan fingerprint density at radius 2 is 2.00 bits per heavy atom. The molecule has 0 aliphatic heterocycles. The standard InChI is InChI=1S/C21H18ClN5O2/c1-13(2)29-18-8-9-23-11-16(18)25-21(28)15-10-19(22)26-27-12-17(24-20(15)27)14-6-4-3-5-7-14/h3-13H,1-2H3,(H,25,28). The van der Waals surface area contributed by atoms with E-state index in [-0.39, 0.29) is 17.2 Å². The number of nitrogens with zero attached hydrogens (tertiary/aromatic N) is 4. The van der Waals surface area contributed by atoms with Gasteiger partial charge in [0.1, 0.15) is 11.4 Å². The number of hydrogen-bond donors (Lipinski definition) is 1. The minimum Gasteiger partial charge on any atom is -0.489 e. The number of carbonyl (C=O) groups excluding carboxylic acids is 1. The molecule has 0 bridgehead atoms. The van der Waals surface area contributed by atoms with E-state index < -0.39 is 0 Å². The van der Waals surface area contributed by atoms with Crippen LogP contribution < -0.4 is 10.1 Å². The van der Waals surface area contributed by atoms with Gasteiger partial charge in [0.05, 0.1) is 29.8 Å². The maximum atomic E-state index is 13.0. The smallest absolute Gasteiger partial charge is 0.259 e. The third kappa shape index (κ3) is 4.05. The number of anilines is 1. The molecule has 0 aliphatic rings. The molecule has 0 saturated heterocycles. The molecule has 8 heteroatoms. The van der Waals surface area contributed by atoms with E-state index in [4.69, 9.17) is 16.3 Å². The normalized spacial score (nSPS) is 11.0. The summed E-state index contributed by atoms with van der Waals surface area (Å²) in [7, 11) is 0. The fourth-order valence-corrected chi connectivity index (χ4v) is 3.07. The lowest BCUT2D eigenvalue weighted by atomic mass is 10.2. The van der Waals surface area contributed by atoms with Crippen LogP contribution in [-0.2, 0) is 0 Å². The van der Waals surface area contributed by atoms with Gasteiger partial charge in [0.15, 0.2) is 10.8 Å². The van der Waals surface area contributed by atoms with Crippen LogP contribution in [-0.4, -0.2) is 31.6 Å². The first-order chi connectivity index (χ1) is 14.0. The number of aromatic nitrogens is 4. The van der Waals surface area contributed by atoms with Crippen LogP contribution >= 0.6 is 11.6 Å². The Morgan fingerprint density at radius 1 is 1.21 bits per heavy atom. The van der Waals surface area contributed by atoms with Crippen LogP contribution in [0.5, 0.6) is 5.75 Å². The average molecular weight is 408 g/mol. The van der Waals surface area contributed by atoms with Gasteiger partial charge >= 0.3 is 0 Å². The van der Waals surface area contributed by atoms with Gasteiger partial charge in [0.2, 0.25) is 0 Å². The second-order valence-corrected chi connectivity index (χ2v) is 7.02. The van der Waals surface area contributed by atoms with Gasteiger partial charge in [-0.15, -0.1) is 0 Å². The van der Waals surface area contributed by atoms with Gasteiger partial charge in [0.25, 0.3) is 5.91 Å². The van der Waals surface area contributed by atoms with Crippen molar-refractivity contribution in [3.8, 4) is 17.0 Å². The number of carbonyl (C=O) groups is 1. The lowest BCUT2D eigenvalue weighted by Gasteiger charge is -2.14. The number of ether oxygens (including phenoxy) is 1. The number of fused-ring (bicyclic) bond motifs is 1. The third-order valence-electron chi connectivity index (χ3n) is 4.10. The molecule has 1 amide bonds. The van der Waals surface area contributed by atoms with Crippen molar-refractivity contribution < 1.29 is 9.53 Å². The van der Waals surface area contributed by atoms with Crippen molar-refractivity contribution in [2.75, 3.05) is 5.32 Å². The predicted octanol–water partition coefficient (Wildman–Crippen LogP) is 4.48. The summed E-state index contributed by atoms with van der Waals surface area (Å²) in [4.78, 5) is 21.7. The molecule has 146 valence electrons. The summed E-state index contributed by atoms with van der Waals surface area (Å²) in [5.41, 5.74) is 2.78. The first kappa shape index (κ1) is 18.9. The Hall–Kier alpha value is -3.45. The van der Waals surface area contributed by atoms with Gasteiger partial charge in [-0.05, 0) is 19.9 Å². The molecule has 0 atom stereocenters. The van der Waals surface area contributed by atoms with Crippen LogP contribution in [0.1, 0.15) is 24.2 Å². The van der Waals surface area contributed by atoms with Crippen LogP contribution in [0, 0.1) is 0 Å². The van der Waals surface area contributed by atoms with Crippen LogP contribution in [0.2, 0.25) is 5.15 Å². The lowest BCUT2D eigenvalue weighted by Crippen LogP contribution is -2.16. The predicted molar refractivity (Wildman–Crippen MR) is 111 cm³/mol. The number of nitrogens with one attached hydrogen (secondary N) is 1. The Bertz CT molecular complexity index is 1170. The highest BCUT2D eigenvalue weighted by Gasteiger charge is 2.18. The van der Waals surface area contributed by atoms with Gasteiger partial charge in [0, 0.05) is 17.8 Å². The Kier molecular flexibility index (Phi) is 5.14. The summed E-state index contributed by atoms with van der Waals surface area (Å²) in [6, 6.07) is 12.8. The van der Waals surface area contributed by atoms with Gasteiger partial charge < -0.3 is 10.1 Å². The minimum absolute atomic E-state index is 0.0455. The number of rotatable bonds is 5. The van der Waals surface area contributed by atoms with Crippen molar-refractivity contribution in [2.45, 2.75) is 20.0 Å². The Morgan fingerprint density at radius 3 is 2.76 bits per heavy atom. The second kappa shape index (κ2) is 7.89. The quantitative estimate of drug-likeness (QED) is 0.527. The maximum absolute atomic E-state index is 13.0. The van der Waals surface area contributed by atoms with Crippen molar-refractivity contribution in [1.29, 1.82) is 0 Å². The highest BCUT2D eigenvalue weighted by Crippen LogP contribution is 2.26. The molecular formula is C21H18ClN5O2. The van der Waals surface area contributed by atoms with E-state index in [1.807, 2.05) is 44.2 Å². The first-order valence-electron chi connectivity index (χ1n) is 9.04. The van der Waals surface area contributed by atoms with Gasteiger partial charge in [-0.1, -0.05) is 41.9 Å². The summed E-state index contributed by atoms with van der Waals surface area (Å²) >= 11 is 6.15. The summed E-state index contributed by atoms with van der Waals surface area (Å²) in [5.74, 6) is 0.152. The van der Waals surface area contributed by atoms with Gasteiger partial charge in [-0.2, -0.15) is 5.10 Å².